The summed E-state index contributed by atoms with van der Waals surface area (Å²) >= 11 is 0. The highest BCUT2D eigenvalue weighted by molar-refractivity contribution is 6.04. The number of benzene rings is 2. The number of amides is 2. The van der Waals surface area contributed by atoms with Gasteiger partial charge in [0.25, 0.3) is 5.91 Å². The molecule has 1 heterocycles. The molecule has 1 aliphatic rings. The van der Waals surface area contributed by atoms with Crippen molar-refractivity contribution in [3.05, 3.63) is 59.7 Å². The number of likely N-dealkylation sites (tertiary alicyclic amines) is 1. The van der Waals surface area contributed by atoms with Gasteiger partial charge in [-0.05, 0) is 29.7 Å². The predicted molar refractivity (Wildman–Crippen MR) is 105 cm³/mol. The van der Waals surface area contributed by atoms with Crippen molar-refractivity contribution >= 4 is 11.8 Å². The molecule has 0 aliphatic carbocycles. The highest BCUT2D eigenvalue weighted by atomic mass is 16.5. The van der Waals surface area contributed by atoms with Crippen LogP contribution in [0.5, 0.6) is 11.5 Å². The predicted octanol–water partition coefficient (Wildman–Crippen LogP) is 1.18. The SMILES string of the molecule is COc1ccc(CC[NH2+][C@@H]2CC(=O)N(CCc3ccccc3)C2=O)cc1OC. The molecule has 3 rings (SSSR count). The summed E-state index contributed by atoms with van der Waals surface area (Å²) in [4.78, 5) is 26.3. The van der Waals surface area contributed by atoms with E-state index >= 15 is 0 Å². The number of hydrogen-bond donors (Lipinski definition) is 1. The first-order valence-corrected chi connectivity index (χ1v) is 9.54. The van der Waals surface area contributed by atoms with Crippen molar-refractivity contribution in [1.82, 2.24) is 4.90 Å². The minimum atomic E-state index is -0.316. The molecule has 1 saturated heterocycles. The molecule has 2 aromatic carbocycles. The third-order valence-corrected chi connectivity index (χ3v) is 5.08. The van der Waals surface area contributed by atoms with Gasteiger partial charge in [-0.2, -0.15) is 0 Å². The second-order valence-corrected chi connectivity index (χ2v) is 6.89. The van der Waals surface area contributed by atoms with Gasteiger partial charge in [-0.15, -0.1) is 0 Å². The number of nitrogens with zero attached hydrogens (tertiary/aromatic N) is 1. The first kappa shape index (κ1) is 19.9. The van der Waals surface area contributed by atoms with E-state index in [-0.39, 0.29) is 24.3 Å². The number of methoxy groups -OCH3 is 2. The molecule has 0 saturated carbocycles. The van der Waals surface area contributed by atoms with Gasteiger partial charge in [-0.25, -0.2) is 0 Å². The normalized spacial score (nSPS) is 16.5. The maximum atomic E-state index is 12.6. The molecule has 6 nitrogen and oxygen atoms in total. The van der Waals surface area contributed by atoms with Gasteiger partial charge < -0.3 is 14.8 Å². The fraction of sp³-hybridized carbons (Fsp3) is 0.364. The lowest BCUT2D eigenvalue weighted by atomic mass is 10.1. The fourth-order valence-electron chi connectivity index (χ4n) is 3.50. The largest absolute Gasteiger partial charge is 0.493 e. The summed E-state index contributed by atoms with van der Waals surface area (Å²) in [5.74, 6) is 1.24. The zero-order chi connectivity index (χ0) is 19.9. The highest BCUT2D eigenvalue weighted by Gasteiger charge is 2.40. The summed E-state index contributed by atoms with van der Waals surface area (Å²) < 4.78 is 10.6. The van der Waals surface area contributed by atoms with Crippen LogP contribution in [0.4, 0.5) is 0 Å². The zero-order valence-corrected chi connectivity index (χ0v) is 16.4. The van der Waals surface area contributed by atoms with Crippen LogP contribution in [-0.2, 0) is 22.4 Å². The summed E-state index contributed by atoms with van der Waals surface area (Å²) in [5.41, 5.74) is 2.23. The maximum Gasteiger partial charge on any atom is 0.287 e. The van der Waals surface area contributed by atoms with Crippen LogP contribution < -0.4 is 14.8 Å². The molecule has 148 valence electrons. The van der Waals surface area contributed by atoms with Crippen molar-refractivity contribution in [2.24, 2.45) is 0 Å². The van der Waals surface area contributed by atoms with Crippen LogP contribution in [0.25, 0.3) is 0 Å². The Labute approximate surface area is 165 Å². The summed E-state index contributed by atoms with van der Waals surface area (Å²) in [6, 6.07) is 15.4. The number of quaternary nitrogens is 1. The number of hydrogen-bond acceptors (Lipinski definition) is 4. The fourth-order valence-corrected chi connectivity index (χ4v) is 3.50. The minimum Gasteiger partial charge on any atom is -0.493 e. The summed E-state index contributed by atoms with van der Waals surface area (Å²) in [5, 5.41) is 1.97. The highest BCUT2D eigenvalue weighted by Crippen LogP contribution is 2.27. The average Bonchev–Trinajstić information content (AvgIpc) is 3.00. The number of carbonyl (C=O) groups excluding carboxylic acids is 2. The zero-order valence-electron chi connectivity index (χ0n) is 16.4. The van der Waals surface area contributed by atoms with Crippen LogP contribution in [0, 0.1) is 0 Å². The van der Waals surface area contributed by atoms with Crippen molar-refractivity contribution < 1.29 is 24.4 Å². The van der Waals surface area contributed by atoms with Crippen LogP contribution >= 0.6 is 0 Å². The molecule has 6 heteroatoms. The number of carbonyl (C=O) groups is 2. The van der Waals surface area contributed by atoms with Crippen LogP contribution in [0.2, 0.25) is 0 Å². The Hall–Kier alpha value is -2.86. The second-order valence-electron chi connectivity index (χ2n) is 6.89. The van der Waals surface area contributed by atoms with Crippen LogP contribution in [-0.4, -0.2) is 50.1 Å². The molecule has 0 spiro atoms. The smallest absolute Gasteiger partial charge is 0.287 e. The Morgan fingerprint density at radius 1 is 0.964 bits per heavy atom. The van der Waals surface area contributed by atoms with E-state index in [4.69, 9.17) is 9.47 Å². The molecule has 2 N–H and O–H groups in total. The Bertz CT molecular complexity index is 823. The Morgan fingerprint density at radius 3 is 2.43 bits per heavy atom. The van der Waals surface area contributed by atoms with E-state index in [1.54, 1.807) is 14.2 Å². The number of nitrogens with two attached hydrogens (primary N) is 1. The van der Waals surface area contributed by atoms with Crippen molar-refractivity contribution in [2.45, 2.75) is 25.3 Å². The quantitative estimate of drug-likeness (QED) is 0.660. The Kier molecular flexibility index (Phi) is 6.66. The van der Waals surface area contributed by atoms with Gasteiger partial charge in [0, 0.05) is 13.0 Å². The molecule has 1 fully saturated rings. The second kappa shape index (κ2) is 9.37. The molecular weight excluding hydrogens is 356 g/mol. The molecule has 1 atom stereocenters. The topological polar surface area (TPSA) is 72.5 Å². The molecule has 2 aromatic rings. The van der Waals surface area contributed by atoms with Crippen LogP contribution in [0.15, 0.2) is 48.5 Å². The summed E-state index contributed by atoms with van der Waals surface area (Å²) in [7, 11) is 3.22. The first-order chi connectivity index (χ1) is 13.6. The third kappa shape index (κ3) is 4.70. The average molecular weight is 383 g/mol. The molecule has 1 aliphatic heterocycles. The van der Waals surface area contributed by atoms with Gasteiger partial charge in [0.05, 0.1) is 27.2 Å². The standard InChI is InChI=1S/C22H26N2O4/c1-27-19-9-8-17(14-20(19)28-2)10-12-23-18-15-21(25)24(22(18)26)13-11-16-6-4-3-5-7-16/h3-9,14,18,23H,10-13,15H2,1-2H3/p+1/t18-/m1/s1. The van der Waals surface area contributed by atoms with E-state index < -0.39 is 0 Å². The van der Waals surface area contributed by atoms with Gasteiger partial charge in [-0.1, -0.05) is 36.4 Å². The van der Waals surface area contributed by atoms with E-state index in [0.717, 1.165) is 24.1 Å². The van der Waals surface area contributed by atoms with E-state index in [9.17, 15) is 9.59 Å². The van der Waals surface area contributed by atoms with Crippen molar-refractivity contribution in [1.29, 1.82) is 0 Å². The van der Waals surface area contributed by atoms with E-state index in [1.165, 1.54) is 4.90 Å². The molecule has 28 heavy (non-hydrogen) atoms. The molecule has 0 bridgehead atoms. The van der Waals surface area contributed by atoms with Gasteiger partial charge in [0.15, 0.2) is 17.5 Å². The Morgan fingerprint density at radius 2 is 1.71 bits per heavy atom. The monoisotopic (exact) mass is 383 g/mol. The lowest BCUT2D eigenvalue weighted by molar-refractivity contribution is -0.674. The van der Waals surface area contributed by atoms with Crippen molar-refractivity contribution in [3.8, 4) is 11.5 Å². The molecular formula is C22H27N2O4+. The number of ether oxygens (including phenoxy) is 2. The minimum absolute atomic E-state index is 0.0757. The van der Waals surface area contributed by atoms with Gasteiger partial charge in [0.1, 0.15) is 0 Å². The van der Waals surface area contributed by atoms with E-state index in [1.807, 2.05) is 53.8 Å². The first-order valence-electron chi connectivity index (χ1n) is 9.54. The van der Waals surface area contributed by atoms with Gasteiger partial charge in [-0.3, -0.25) is 14.5 Å². The molecule has 2 amide bonds. The van der Waals surface area contributed by atoms with Crippen molar-refractivity contribution in [2.75, 3.05) is 27.3 Å². The molecule has 0 radical (unpaired) electrons. The van der Waals surface area contributed by atoms with Crippen LogP contribution in [0.1, 0.15) is 17.5 Å². The maximum absolute atomic E-state index is 12.6. The Balaban J connectivity index is 1.50. The van der Waals surface area contributed by atoms with E-state index in [2.05, 4.69) is 0 Å². The lowest BCUT2D eigenvalue weighted by Crippen LogP contribution is -2.92. The van der Waals surface area contributed by atoms with Gasteiger partial charge >= 0.3 is 0 Å². The van der Waals surface area contributed by atoms with Crippen molar-refractivity contribution in [3.63, 3.8) is 0 Å². The number of rotatable bonds is 9. The summed E-state index contributed by atoms with van der Waals surface area (Å²) in [6.45, 7) is 1.17. The molecule has 0 aromatic heterocycles. The van der Waals surface area contributed by atoms with E-state index in [0.29, 0.717) is 24.5 Å². The third-order valence-electron chi connectivity index (χ3n) is 5.08. The summed E-state index contributed by atoms with van der Waals surface area (Å²) in [6.07, 6.45) is 1.75. The van der Waals surface area contributed by atoms with Gasteiger partial charge in [0.2, 0.25) is 5.91 Å². The molecule has 0 unspecified atom stereocenters. The number of imide groups is 1. The lowest BCUT2D eigenvalue weighted by Gasteiger charge is -2.14. The van der Waals surface area contributed by atoms with Crippen LogP contribution in [0.3, 0.4) is 0 Å².